The first kappa shape index (κ1) is 17.0. The van der Waals surface area contributed by atoms with Crippen LogP contribution in [0.15, 0.2) is 12.3 Å². The van der Waals surface area contributed by atoms with Crippen molar-refractivity contribution in [3.05, 3.63) is 17.8 Å². The second kappa shape index (κ2) is 5.60. The third-order valence-corrected chi connectivity index (χ3v) is 4.99. The fourth-order valence-electron chi connectivity index (χ4n) is 3.55. The summed E-state index contributed by atoms with van der Waals surface area (Å²) >= 11 is 0. The van der Waals surface area contributed by atoms with E-state index in [2.05, 4.69) is 4.98 Å². The predicted molar refractivity (Wildman–Crippen MR) is 81.6 cm³/mol. The maximum absolute atomic E-state index is 14.5. The number of hydrogen-bond donors (Lipinski definition) is 0. The number of likely N-dealkylation sites (N-methyl/N-ethyl adjacent to an activating group) is 1. The summed E-state index contributed by atoms with van der Waals surface area (Å²) < 4.78 is 53.2. The molecule has 8 heteroatoms. The van der Waals surface area contributed by atoms with Crippen molar-refractivity contribution >= 4 is 17.4 Å². The van der Waals surface area contributed by atoms with Gasteiger partial charge in [0.1, 0.15) is 12.2 Å². The smallest absolute Gasteiger partial charge is 0.340 e. The molecule has 1 aromatic heterocycles. The van der Waals surface area contributed by atoms with Gasteiger partial charge in [-0.1, -0.05) is 13.8 Å². The number of hydrogen-bond acceptors (Lipinski definition) is 3. The van der Waals surface area contributed by atoms with Gasteiger partial charge in [0, 0.05) is 13.2 Å². The summed E-state index contributed by atoms with van der Waals surface area (Å²) in [6, 6.07) is 0.323. The Hall–Kier alpha value is -1.86. The van der Waals surface area contributed by atoms with Crippen molar-refractivity contribution < 1.29 is 22.4 Å². The highest BCUT2D eigenvalue weighted by molar-refractivity contribution is 6.04. The zero-order valence-electron chi connectivity index (χ0n) is 13.6. The van der Waals surface area contributed by atoms with Crippen LogP contribution < -0.4 is 9.80 Å². The average Bonchev–Trinajstić information content (AvgIpc) is 2.50. The zero-order valence-corrected chi connectivity index (χ0v) is 13.6. The number of alkyl halides is 4. The lowest BCUT2D eigenvalue weighted by Gasteiger charge is -2.47. The first-order valence-electron chi connectivity index (χ1n) is 7.86. The molecular formula is C16H19F4N3O. The molecule has 3 rings (SSSR count). The Morgan fingerprint density at radius 1 is 1.33 bits per heavy atom. The third-order valence-electron chi connectivity index (χ3n) is 4.99. The van der Waals surface area contributed by atoms with Crippen LogP contribution >= 0.6 is 0 Å². The molecule has 0 bridgehead atoms. The minimum absolute atomic E-state index is 0.0293. The molecule has 1 saturated heterocycles. The van der Waals surface area contributed by atoms with Gasteiger partial charge in [-0.05, 0) is 24.3 Å². The van der Waals surface area contributed by atoms with Gasteiger partial charge in [0.2, 0.25) is 5.91 Å². The highest BCUT2D eigenvalue weighted by atomic mass is 19.4. The van der Waals surface area contributed by atoms with Gasteiger partial charge in [-0.15, -0.1) is 0 Å². The minimum atomic E-state index is -4.55. The van der Waals surface area contributed by atoms with E-state index in [0.717, 1.165) is 12.3 Å². The Bertz CT molecular complexity index is 661. The summed E-state index contributed by atoms with van der Waals surface area (Å²) in [6.07, 6.45) is -4.61. The summed E-state index contributed by atoms with van der Waals surface area (Å²) in [6.45, 7) is 3.79. The van der Waals surface area contributed by atoms with Crippen molar-refractivity contribution in [2.45, 2.75) is 38.7 Å². The first-order chi connectivity index (χ1) is 11.1. The number of halogens is 4. The van der Waals surface area contributed by atoms with Gasteiger partial charge in [-0.2, -0.15) is 13.2 Å². The predicted octanol–water partition coefficient (Wildman–Crippen LogP) is 3.27. The van der Waals surface area contributed by atoms with E-state index in [1.54, 1.807) is 0 Å². The SMILES string of the molecule is CC(C)C1CC2C(=O)N(C)c3cc(C(F)(F)F)cnc3N2CC1F. The maximum atomic E-state index is 14.5. The normalized spacial score (nSPS) is 27.3. The average molecular weight is 345 g/mol. The molecule has 0 N–H and O–H groups in total. The molecule has 24 heavy (non-hydrogen) atoms. The Labute approximate surface area is 137 Å². The van der Waals surface area contributed by atoms with Crippen LogP contribution in [0, 0.1) is 11.8 Å². The molecule has 1 aromatic rings. The van der Waals surface area contributed by atoms with Crippen molar-refractivity contribution in [1.29, 1.82) is 0 Å². The van der Waals surface area contributed by atoms with E-state index in [9.17, 15) is 22.4 Å². The molecular weight excluding hydrogens is 326 g/mol. The molecule has 2 aliphatic rings. The van der Waals surface area contributed by atoms with Crippen molar-refractivity contribution in [2.24, 2.45) is 11.8 Å². The van der Waals surface area contributed by atoms with Gasteiger partial charge in [0.15, 0.2) is 5.82 Å². The molecule has 4 nitrogen and oxygen atoms in total. The Kier molecular flexibility index (Phi) is 3.96. The molecule has 1 amide bonds. The second-order valence-electron chi connectivity index (χ2n) is 6.79. The van der Waals surface area contributed by atoms with E-state index < -0.39 is 24.0 Å². The number of aromatic nitrogens is 1. The molecule has 3 unspecified atom stereocenters. The van der Waals surface area contributed by atoms with Crippen LogP contribution in [-0.2, 0) is 11.0 Å². The maximum Gasteiger partial charge on any atom is 0.417 e. The van der Waals surface area contributed by atoms with Gasteiger partial charge >= 0.3 is 6.18 Å². The van der Waals surface area contributed by atoms with E-state index in [-0.39, 0.29) is 35.8 Å². The van der Waals surface area contributed by atoms with Gasteiger partial charge in [-0.3, -0.25) is 4.79 Å². The molecule has 2 aliphatic heterocycles. The summed E-state index contributed by atoms with van der Waals surface area (Å²) in [5.74, 6) is -0.247. The van der Waals surface area contributed by atoms with Crippen LogP contribution in [0.3, 0.4) is 0 Å². The van der Waals surface area contributed by atoms with Gasteiger partial charge in [0.25, 0.3) is 0 Å². The second-order valence-corrected chi connectivity index (χ2v) is 6.79. The quantitative estimate of drug-likeness (QED) is 0.733. The summed E-state index contributed by atoms with van der Waals surface area (Å²) in [5, 5.41) is 0. The Morgan fingerprint density at radius 2 is 2.00 bits per heavy atom. The molecule has 0 aromatic carbocycles. The van der Waals surface area contributed by atoms with Gasteiger partial charge < -0.3 is 9.80 Å². The minimum Gasteiger partial charge on any atom is -0.340 e. The number of carbonyl (C=O) groups excluding carboxylic acids is 1. The number of piperidine rings is 1. The number of anilines is 2. The number of pyridine rings is 1. The Balaban J connectivity index is 2.03. The summed E-state index contributed by atoms with van der Waals surface area (Å²) in [5.41, 5.74) is -0.852. The van der Waals surface area contributed by atoms with Gasteiger partial charge in [-0.25, -0.2) is 9.37 Å². The van der Waals surface area contributed by atoms with E-state index in [0.29, 0.717) is 6.42 Å². The lowest BCUT2D eigenvalue weighted by atomic mass is 9.80. The standard InChI is InChI=1S/C16H19F4N3O/c1-8(2)10-5-13-15(24)22(3)12-4-9(16(18,19)20)6-21-14(12)23(13)7-11(10)17/h4,6,8,10-11,13H,5,7H2,1-3H3. The fraction of sp³-hybridized carbons (Fsp3) is 0.625. The third kappa shape index (κ3) is 2.61. The molecule has 0 aliphatic carbocycles. The van der Waals surface area contributed by atoms with Crippen LogP contribution in [-0.4, -0.2) is 36.7 Å². The van der Waals surface area contributed by atoms with E-state index in [4.69, 9.17) is 0 Å². The summed E-state index contributed by atoms with van der Waals surface area (Å²) in [4.78, 5) is 19.2. The van der Waals surface area contributed by atoms with Crippen LogP contribution in [0.4, 0.5) is 29.1 Å². The zero-order chi connectivity index (χ0) is 17.8. The lowest BCUT2D eigenvalue weighted by molar-refractivity contribution is -0.138. The van der Waals surface area contributed by atoms with E-state index >= 15 is 0 Å². The first-order valence-corrected chi connectivity index (χ1v) is 7.86. The van der Waals surface area contributed by atoms with Crippen molar-refractivity contribution in [3.8, 4) is 0 Å². The topological polar surface area (TPSA) is 36.4 Å². The number of nitrogens with zero attached hydrogens (tertiary/aromatic N) is 3. The van der Waals surface area contributed by atoms with Crippen LogP contribution in [0.25, 0.3) is 0 Å². The molecule has 1 fully saturated rings. The van der Waals surface area contributed by atoms with Crippen LogP contribution in [0.5, 0.6) is 0 Å². The number of fused-ring (bicyclic) bond motifs is 3. The van der Waals surface area contributed by atoms with Crippen molar-refractivity contribution in [2.75, 3.05) is 23.4 Å². The Morgan fingerprint density at radius 3 is 2.58 bits per heavy atom. The monoisotopic (exact) mass is 345 g/mol. The van der Waals surface area contributed by atoms with Crippen LogP contribution in [0.1, 0.15) is 25.8 Å². The molecule has 0 radical (unpaired) electrons. The lowest BCUT2D eigenvalue weighted by Crippen LogP contribution is -2.59. The summed E-state index contributed by atoms with van der Waals surface area (Å²) in [7, 11) is 1.44. The van der Waals surface area contributed by atoms with E-state index in [1.165, 1.54) is 16.8 Å². The largest absolute Gasteiger partial charge is 0.417 e. The van der Waals surface area contributed by atoms with Crippen molar-refractivity contribution in [3.63, 3.8) is 0 Å². The number of carbonyl (C=O) groups is 1. The molecule has 0 saturated carbocycles. The van der Waals surface area contributed by atoms with Gasteiger partial charge in [0.05, 0.1) is 17.8 Å². The van der Waals surface area contributed by atoms with E-state index in [1.807, 2.05) is 13.8 Å². The molecule has 3 heterocycles. The van der Waals surface area contributed by atoms with Crippen molar-refractivity contribution in [1.82, 2.24) is 4.98 Å². The highest BCUT2D eigenvalue weighted by Crippen LogP contribution is 2.43. The highest BCUT2D eigenvalue weighted by Gasteiger charge is 2.46. The number of amides is 1. The number of rotatable bonds is 1. The fourth-order valence-corrected chi connectivity index (χ4v) is 3.55. The van der Waals surface area contributed by atoms with Crippen LogP contribution in [0.2, 0.25) is 0 Å². The molecule has 0 spiro atoms. The molecule has 3 atom stereocenters. The molecule has 132 valence electrons.